The molecule has 0 aliphatic heterocycles. The smallest absolute Gasteiger partial charge is 0.0438 e. The van der Waals surface area contributed by atoms with Crippen molar-refractivity contribution in [1.82, 2.24) is 5.32 Å². The molecule has 2 unspecified atom stereocenters. The molecule has 0 radical (unpaired) electrons. The lowest BCUT2D eigenvalue weighted by atomic mass is 10.1. The second-order valence-corrected chi connectivity index (χ2v) is 4.58. The maximum atomic E-state index is 6.11. The van der Waals surface area contributed by atoms with Crippen molar-refractivity contribution in [1.29, 1.82) is 0 Å². The average Bonchev–Trinajstić information content (AvgIpc) is 2.21. The van der Waals surface area contributed by atoms with E-state index in [4.69, 9.17) is 11.6 Å². The van der Waals surface area contributed by atoms with Gasteiger partial charge < -0.3 is 5.32 Å². The van der Waals surface area contributed by atoms with Crippen molar-refractivity contribution in [2.24, 2.45) is 0 Å². The molecule has 0 fully saturated rings. The standard InChI is InChI=1S/C13H20ClN/c1-4-10(2)15-11(3)9-12-7-5-6-8-13(12)14/h5-8,10-11,15H,4,9H2,1-3H3. The Labute approximate surface area is 97.8 Å². The van der Waals surface area contributed by atoms with Crippen LogP contribution in [0.5, 0.6) is 0 Å². The molecule has 84 valence electrons. The Morgan fingerprint density at radius 1 is 1.20 bits per heavy atom. The third-order valence-corrected chi connectivity index (χ3v) is 3.03. The Bertz CT molecular complexity index is 298. The number of halogens is 1. The lowest BCUT2D eigenvalue weighted by Gasteiger charge is -2.19. The molecular formula is C13H20ClN. The van der Waals surface area contributed by atoms with E-state index in [0.29, 0.717) is 12.1 Å². The van der Waals surface area contributed by atoms with Gasteiger partial charge in [0.25, 0.3) is 0 Å². The Kier molecular flexibility index (Phi) is 5.13. The molecule has 1 rings (SSSR count). The normalized spacial score (nSPS) is 14.9. The number of rotatable bonds is 5. The minimum atomic E-state index is 0.472. The first kappa shape index (κ1) is 12.5. The van der Waals surface area contributed by atoms with Gasteiger partial charge in [-0.2, -0.15) is 0 Å². The molecule has 0 aliphatic carbocycles. The van der Waals surface area contributed by atoms with Crippen molar-refractivity contribution in [3.63, 3.8) is 0 Å². The van der Waals surface area contributed by atoms with Crippen LogP contribution in [0.3, 0.4) is 0 Å². The summed E-state index contributed by atoms with van der Waals surface area (Å²) in [7, 11) is 0. The van der Waals surface area contributed by atoms with Gasteiger partial charge in [0, 0.05) is 17.1 Å². The van der Waals surface area contributed by atoms with E-state index < -0.39 is 0 Å². The Hall–Kier alpha value is -0.530. The predicted molar refractivity (Wildman–Crippen MR) is 67.5 cm³/mol. The maximum Gasteiger partial charge on any atom is 0.0438 e. The second-order valence-electron chi connectivity index (χ2n) is 4.17. The molecule has 0 saturated heterocycles. The first-order valence-corrected chi connectivity index (χ1v) is 6.00. The Morgan fingerprint density at radius 2 is 1.87 bits per heavy atom. The molecule has 1 N–H and O–H groups in total. The molecule has 0 heterocycles. The van der Waals surface area contributed by atoms with Gasteiger partial charge in [-0.1, -0.05) is 36.7 Å². The summed E-state index contributed by atoms with van der Waals surface area (Å²) in [5.74, 6) is 0. The number of hydrogen-bond acceptors (Lipinski definition) is 1. The number of nitrogens with one attached hydrogen (secondary N) is 1. The minimum absolute atomic E-state index is 0.472. The molecule has 0 bridgehead atoms. The molecule has 1 nitrogen and oxygen atoms in total. The van der Waals surface area contributed by atoms with E-state index in [9.17, 15) is 0 Å². The lowest BCUT2D eigenvalue weighted by Crippen LogP contribution is -2.35. The first-order chi connectivity index (χ1) is 7.13. The molecule has 0 aliphatic rings. The van der Waals surface area contributed by atoms with E-state index in [-0.39, 0.29) is 0 Å². The van der Waals surface area contributed by atoms with E-state index in [2.05, 4.69) is 32.2 Å². The van der Waals surface area contributed by atoms with Gasteiger partial charge in [0.2, 0.25) is 0 Å². The van der Waals surface area contributed by atoms with Crippen molar-refractivity contribution in [2.75, 3.05) is 0 Å². The van der Waals surface area contributed by atoms with Crippen LogP contribution in [0.25, 0.3) is 0 Å². The fourth-order valence-corrected chi connectivity index (χ4v) is 1.87. The van der Waals surface area contributed by atoms with Crippen LogP contribution < -0.4 is 5.32 Å². The number of hydrogen-bond donors (Lipinski definition) is 1. The molecule has 0 amide bonds. The van der Waals surface area contributed by atoms with E-state index in [1.807, 2.05) is 18.2 Å². The largest absolute Gasteiger partial charge is 0.311 e. The van der Waals surface area contributed by atoms with Crippen LogP contribution in [0.1, 0.15) is 32.8 Å². The van der Waals surface area contributed by atoms with Crippen molar-refractivity contribution in [3.8, 4) is 0 Å². The highest BCUT2D eigenvalue weighted by atomic mass is 35.5. The fraction of sp³-hybridized carbons (Fsp3) is 0.538. The van der Waals surface area contributed by atoms with Crippen LogP contribution in [0, 0.1) is 0 Å². The third-order valence-electron chi connectivity index (χ3n) is 2.67. The van der Waals surface area contributed by atoms with Gasteiger partial charge in [-0.25, -0.2) is 0 Å². The highest BCUT2D eigenvalue weighted by Crippen LogP contribution is 2.16. The molecule has 0 saturated carbocycles. The van der Waals surface area contributed by atoms with E-state index in [1.54, 1.807) is 0 Å². The summed E-state index contributed by atoms with van der Waals surface area (Å²) in [5.41, 5.74) is 1.22. The first-order valence-electron chi connectivity index (χ1n) is 5.63. The zero-order valence-corrected chi connectivity index (χ0v) is 10.5. The van der Waals surface area contributed by atoms with Crippen molar-refractivity contribution in [2.45, 2.75) is 45.7 Å². The monoisotopic (exact) mass is 225 g/mol. The van der Waals surface area contributed by atoms with Gasteiger partial charge in [0.1, 0.15) is 0 Å². The van der Waals surface area contributed by atoms with E-state index in [1.165, 1.54) is 5.56 Å². The molecule has 1 aromatic carbocycles. The summed E-state index contributed by atoms with van der Waals surface area (Å²) in [6.07, 6.45) is 2.15. The second kappa shape index (κ2) is 6.14. The summed E-state index contributed by atoms with van der Waals surface area (Å²) in [6, 6.07) is 9.10. The topological polar surface area (TPSA) is 12.0 Å². The molecular weight excluding hydrogens is 206 g/mol. The van der Waals surface area contributed by atoms with Gasteiger partial charge in [-0.15, -0.1) is 0 Å². The van der Waals surface area contributed by atoms with Gasteiger partial charge >= 0.3 is 0 Å². The van der Waals surface area contributed by atoms with Crippen molar-refractivity contribution in [3.05, 3.63) is 34.9 Å². The Balaban J connectivity index is 2.51. The molecule has 15 heavy (non-hydrogen) atoms. The van der Waals surface area contributed by atoms with Crippen LogP contribution in [-0.2, 0) is 6.42 Å². The predicted octanol–water partition coefficient (Wildman–Crippen LogP) is 3.66. The zero-order valence-electron chi connectivity index (χ0n) is 9.76. The quantitative estimate of drug-likeness (QED) is 0.807. The third kappa shape index (κ3) is 4.23. The summed E-state index contributed by atoms with van der Waals surface area (Å²) in [5, 5.41) is 4.42. The molecule has 2 atom stereocenters. The maximum absolute atomic E-state index is 6.11. The molecule has 0 aromatic heterocycles. The molecule has 2 heteroatoms. The van der Waals surface area contributed by atoms with Crippen LogP contribution in [0.2, 0.25) is 5.02 Å². The van der Waals surface area contributed by atoms with Crippen molar-refractivity contribution < 1.29 is 0 Å². The summed E-state index contributed by atoms with van der Waals surface area (Å²) >= 11 is 6.11. The fourth-order valence-electron chi connectivity index (χ4n) is 1.66. The van der Waals surface area contributed by atoms with E-state index in [0.717, 1.165) is 17.9 Å². The van der Waals surface area contributed by atoms with Gasteiger partial charge in [-0.05, 0) is 38.3 Å². The lowest BCUT2D eigenvalue weighted by molar-refractivity contribution is 0.455. The van der Waals surface area contributed by atoms with E-state index >= 15 is 0 Å². The highest BCUT2D eigenvalue weighted by Gasteiger charge is 2.08. The summed E-state index contributed by atoms with van der Waals surface area (Å²) in [6.45, 7) is 6.61. The van der Waals surface area contributed by atoms with Crippen LogP contribution in [0.15, 0.2) is 24.3 Å². The van der Waals surface area contributed by atoms with Gasteiger partial charge in [-0.3, -0.25) is 0 Å². The zero-order chi connectivity index (χ0) is 11.3. The summed E-state index contributed by atoms with van der Waals surface area (Å²) in [4.78, 5) is 0. The van der Waals surface area contributed by atoms with Crippen LogP contribution in [0.4, 0.5) is 0 Å². The minimum Gasteiger partial charge on any atom is -0.311 e. The van der Waals surface area contributed by atoms with Crippen LogP contribution in [-0.4, -0.2) is 12.1 Å². The highest BCUT2D eigenvalue weighted by molar-refractivity contribution is 6.31. The number of benzene rings is 1. The molecule has 1 aromatic rings. The van der Waals surface area contributed by atoms with Crippen molar-refractivity contribution >= 4 is 11.6 Å². The Morgan fingerprint density at radius 3 is 2.47 bits per heavy atom. The summed E-state index contributed by atoms with van der Waals surface area (Å²) < 4.78 is 0. The molecule has 0 spiro atoms. The van der Waals surface area contributed by atoms with Gasteiger partial charge in [0.15, 0.2) is 0 Å². The van der Waals surface area contributed by atoms with Gasteiger partial charge in [0.05, 0.1) is 0 Å². The average molecular weight is 226 g/mol. The van der Waals surface area contributed by atoms with Crippen LogP contribution >= 0.6 is 11.6 Å². The SMILES string of the molecule is CCC(C)NC(C)Cc1ccccc1Cl.